The van der Waals surface area contributed by atoms with Crippen molar-refractivity contribution in [3.05, 3.63) is 11.1 Å². The lowest BCUT2D eigenvalue weighted by molar-refractivity contribution is 0.0575. The van der Waals surface area contributed by atoms with Gasteiger partial charge in [0.2, 0.25) is 0 Å². The number of amides is 2. The predicted molar refractivity (Wildman–Crippen MR) is 76.5 cm³/mol. The van der Waals surface area contributed by atoms with E-state index in [1.165, 1.54) is 11.3 Å². The highest BCUT2D eigenvalue weighted by Crippen LogP contribution is 2.25. The molecule has 106 valence electrons. The standard InChI is InChI=1S/C13H21N3O2S/c1-9-8-19-12(14-9)15-13(18)16(2)7-10-5-3-4-6-11(10)17/h8,10-11,17H,3-7H2,1-2H3,(H,14,15,18). The summed E-state index contributed by atoms with van der Waals surface area (Å²) in [6.07, 6.45) is 3.81. The third-order valence-electron chi connectivity index (χ3n) is 3.56. The zero-order valence-corrected chi connectivity index (χ0v) is 12.2. The molecular formula is C13H21N3O2S. The molecule has 1 fully saturated rings. The molecule has 0 radical (unpaired) electrons. The van der Waals surface area contributed by atoms with Gasteiger partial charge >= 0.3 is 6.03 Å². The van der Waals surface area contributed by atoms with Gasteiger partial charge in [-0.1, -0.05) is 12.8 Å². The number of urea groups is 1. The van der Waals surface area contributed by atoms with Gasteiger partial charge < -0.3 is 10.0 Å². The van der Waals surface area contributed by atoms with Crippen LogP contribution in [0.5, 0.6) is 0 Å². The van der Waals surface area contributed by atoms with Gasteiger partial charge in [0.1, 0.15) is 0 Å². The Morgan fingerprint density at radius 2 is 2.32 bits per heavy atom. The average molecular weight is 283 g/mol. The van der Waals surface area contributed by atoms with Gasteiger partial charge in [-0.15, -0.1) is 11.3 Å². The number of nitrogens with zero attached hydrogens (tertiary/aromatic N) is 2. The summed E-state index contributed by atoms with van der Waals surface area (Å²) in [5, 5.41) is 15.2. The highest BCUT2D eigenvalue weighted by atomic mass is 32.1. The van der Waals surface area contributed by atoms with Gasteiger partial charge in [0.25, 0.3) is 0 Å². The Morgan fingerprint density at radius 3 is 2.95 bits per heavy atom. The third-order valence-corrected chi connectivity index (χ3v) is 4.43. The van der Waals surface area contributed by atoms with E-state index >= 15 is 0 Å². The second-order valence-electron chi connectivity index (χ2n) is 5.22. The molecule has 19 heavy (non-hydrogen) atoms. The molecule has 2 rings (SSSR count). The molecular weight excluding hydrogens is 262 g/mol. The number of aromatic nitrogens is 1. The summed E-state index contributed by atoms with van der Waals surface area (Å²) in [6, 6.07) is -0.160. The maximum absolute atomic E-state index is 12.0. The molecule has 1 saturated carbocycles. The minimum Gasteiger partial charge on any atom is -0.393 e. The summed E-state index contributed by atoms with van der Waals surface area (Å²) in [5.41, 5.74) is 0.908. The minimum absolute atomic E-state index is 0.160. The van der Waals surface area contributed by atoms with Crippen molar-refractivity contribution in [3.63, 3.8) is 0 Å². The molecule has 1 heterocycles. The molecule has 0 spiro atoms. The molecule has 0 bridgehead atoms. The van der Waals surface area contributed by atoms with Gasteiger partial charge in [-0.3, -0.25) is 5.32 Å². The highest BCUT2D eigenvalue weighted by molar-refractivity contribution is 7.13. The number of thiazole rings is 1. The van der Waals surface area contributed by atoms with E-state index in [2.05, 4.69) is 10.3 Å². The molecule has 0 aliphatic heterocycles. The van der Waals surface area contributed by atoms with Crippen LogP contribution >= 0.6 is 11.3 Å². The Hall–Kier alpha value is -1.14. The monoisotopic (exact) mass is 283 g/mol. The Balaban J connectivity index is 1.84. The molecule has 5 nitrogen and oxygen atoms in total. The second kappa shape index (κ2) is 6.34. The Labute approximate surface area is 117 Å². The molecule has 1 aliphatic carbocycles. The van der Waals surface area contributed by atoms with E-state index in [1.54, 1.807) is 11.9 Å². The fraction of sp³-hybridized carbons (Fsp3) is 0.692. The molecule has 2 amide bonds. The van der Waals surface area contributed by atoms with Crippen LogP contribution in [-0.2, 0) is 0 Å². The fourth-order valence-electron chi connectivity index (χ4n) is 2.43. The average Bonchev–Trinajstić information content (AvgIpc) is 2.77. The molecule has 1 aromatic rings. The Bertz CT molecular complexity index is 435. The summed E-state index contributed by atoms with van der Waals surface area (Å²) in [4.78, 5) is 17.8. The second-order valence-corrected chi connectivity index (χ2v) is 6.07. The van der Waals surface area contributed by atoms with E-state index in [0.29, 0.717) is 11.7 Å². The van der Waals surface area contributed by atoms with Crippen molar-refractivity contribution < 1.29 is 9.90 Å². The Kier molecular flexibility index (Phi) is 4.76. The number of aliphatic hydroxyl groups excluding tert-OH is 1. The minimum atomic E-state index is -0.272. The first kappa shape index (κ1) is 14.3. The van der Waals surface area contributed by atoms with Crippen molar-refractivity contribution in [1.29, 1.82) is 0 Å². The molecule has 6 heteroatoms. The van der Waals surface area contributed by atoms with Gasteiger partial charge in [0.05, 0.1) is 11.8 Å². The first-order valence-corrected chi connectivity index (χ1v) is 7.56. The van der Waals surface area contributed by atoms with Crippen LogP contribution < -0.4 is 5.32 Å². The number of nitrogens with one attached hydrogen (secondary N) is 1. The number of hydrogen-bond donors (Lipinski definition) is 2. The maximum Gasteiger partial charge on any atom is 0.323 e. The van der Waals surface area contributed by atoms with Gasteiger partial charge in [0.15, 0.2) is 5.13 Å². The first-order chi connectivity index (χ1) is 9.06. The van der Waals surface area contributed by atoms with E-state index in [1.807, 2.05) is 12.3 Å². The van der Waals surface area contributed by atoms with Gasteiger partial charge in [0, 0.05) is 24.9 Å². The molecule has 2 atom stereocenters. The van der Waals surface area contributed by atoms with Crippen LogP contribution in [0.25, 0.3) is 0 Å². The molecule has 1 aliphatic rings. The van der Waals surface area contributed by atoms with E-state index in [9.17, 15) is 9.90 Å². The van der Waals surface area contributed by atoms with E-state index < -0.39 is 0 Å². The van der Waals surface area contributed by atoms with Crippen molar-refractivity contribution in [1.82, 2.24) is 9.88 Å². The van der Waals surface area contributed by atoms with Crippen LogP contribution in [0.3, 0.4) is 0 Å². The third kappa shape index (κ3) is 3.91. The number of carbonyl (C=O) groups is 1. The lowest BCUT2D eigenvalue weighted by atomic mass is 9.86. The normalized spacial score (nSPS) is 23.1. The number of hydrogen-bond acceptors (Lipinski definition) is 4. The molecule has 2 N–H and O–H groups in total. The van der Waals surface area contributed by atoms with E-state index in [-0.39, 0.29) is 18.1 Å². The van der Waals surface area contributed by atoms with Crippen LogP contribution in [0.1, 0.15) is 31.4 Å². The SMILES string of the molecule is Cc1csc(NC(=O)N(C)CC2CCCCC2O)n1. The summed E-state index contributed by atoms with van der Waals surface area (Å²) < 4.78 is 0. The number of carbonyl (C=O) groups excluding carboxylic acids is 1. The summed E-state index contributed by atoms with van der Waals surface area (Å²) in [6.45, 7) is 2.49. The molecule has 0 saturated heterocycles. The van der Waals surface area contributed by atoms with Crippen molar-refractivity contribution in [3.8, 4) is 0 Å². The Morgan fingerprint density at radius 1 is 1.58 bits per heavy atom. The zero-order valence-electron chi connectivity index (χ0n) is 11.4. The predicted octanol–water partition coefficient (Wildman–Crippen LogP) is 2.47. The van der Waals surface area contributed by atoms with Gasteiger partial charge in [-0.2, -0.15) is 0 Å². The fourth-order valence-corrected chi connectivity index (χ4v) is 3.11. The lowest BCUT2D eigenvalue weighted by Gasteiger charge is -2.31. The van der Waals surface area contributed by atoms with E-state index in [0.717, 1.165) is 31.4 Å². The lowest BCUT2D eigenvalue weighted by Crippen LogP contribution is -2.40. The van der Waals surface area contributed by atoms with Crippen LogP contribution in [0.4, 0.5) is 9.93 Å². The maximum atomic E-state index is 12.0. The largest absolute Gasteiger partial charge is 0.393 e. The van der Waals surface area contributed by atoms with E-state index in [4.69, 9.17) is 0 Å². The molecule has 2 unspecified atom stereocenters. The van der Waals surface area contributed by atoms with Crippen molar-refractivity contribution >= 4 is 22.5 Å². The number of rotatable bonds is 3. The summed E-state index contributed by atoms with van der Waals surface area (Å²) in [5.74, 6) is 0.197. The summed E-state index contributed by atoms with van der Waals surface area (Å²) >= 11 is 1.42. The van der Waals surface area contributed by atoms with Gasteiger partial charge in [-0.05, 0) is 19.8 Å². The molecule has 1 aromatic heterocycles. The number of anilines is 1. The first-order valence-electron chi connectivity index (χ1n) is 6.68. The number of aliphatic hydroxyl groups is 1. The van der Waals surface area contributed by atoms with Gasteiger partial charge in [-0.25, -0.2) is 9.78 Å². The molecule has 0 aromatic carbocycles. The summed E-state index contributed by atoms with van der Waals surface area (Å²) in [7, 11) is 1.76. The van der Waals surface area contributed by atoms with Crippen LogP contribution in [0.2, 0.25) is 0 Å². The topological polar surface area (TPSA) is 65.5 Å². The highest BCUT2D eigenvalue weighted by Gasteiger charge is 2.25. The van der Waals surface area contributed by atoms with Crippen LogP contribution in [0.15, 0.2) is 5.38 Å². The smallest absolute Gasteiger partial charge is 0.323 e. The van der Waals surface area contributed by atoms with Crippen LogP contribution in [-0.4, -0.2) is 40.7 Å². The van der Waals surface area contributed by atoms with Crippen molar-refractivity contribution in [2.75, 3.05) is 18.9 Å². The van der Waals surface area contributed by atoms with Crippen molar-refractivity contribution in [2.45, 2.75) is 38.7 Å². The van der Waals surface area contributed by atoms with Crippen LogP contribution in [0, 0.1) is 12.8 Å². The number of aryl methyl sites for hydroxylation is 1. The zero-order chi connectivity index (χ0) is 13.8. The van der Waals surface area contributed by atoms with Crippen molar-refractivity contribution in [2.24, 2.45) is 5.92 Å². The quantitative estimate of drug-likeness (QED) is 0.895.